The molecule has 2 aromatic carbocycles. The molecule has 0 fully saturated rings. The van der Waals surface area contributed by atoms with E-state index in [0.29, 0.717) is 6.04 Å². The van der Waals surface area contributed by atoms with E-state index in [9.17, 15) is 0 Å². The number of unbranched alkanes of at least 4 members (excludes halogenated alkanes) is 3. The lowest BCUT2D eigenvalue weighted by Gasteiger charge is -2.18. The van der Waals surface area contributed by atoms with Gasteiger partial charge in [-0.25, -0.2) is 0 Å². The van der Waals surface area contributed by atoms with Crippen molar-refractivity contribution in [3.05, 3.63) is 60.2 Å². The smallest absolute Gasteiger partial charge is 0.119 e. The highest BCUT2D eigenvalue weighted by atomic mass is 16.5. The molecule has 0 aromatic heterocycles. The Morgan fingerprint density at radius 1 is 0.846 bits per heavy atom. The van der Waals surface area contributed by atoms with E-state index in [1.807, 2.05) is 12.1 Å². The Morgan fingerprint density at radius 3 is 2.31 bits per heavy atom. The molecule has 0 saturated heterocycles. The molecule has 0 radical (unpaired) electrons. The lowest BCUT2D eigenvalue weighted by molar-refractivity contribution is 0.305. The second-order valence-electron chi connectivity index (χ2n) is 6.69. The van der Waals surface area contributed by atoms with Crippen LogP contribution in [0.1, 0.15) is 57.6 Å². The Kier molecular flexibility index (Phi) is 9.66. The van der Waals surface area contributed by atoms with Crippen LogP contribution in [0.15, 0.2) is 54.6 Å². The summed E-state index contributed by atoms with van der Waals surface area (Å²) in [4.78, 5) is 0. The molecule has 0 aliphatic rings. The minimum absolute atomic E-state index is 0.418. The van der Waals surface area contributed by atoms with E-state index in [0.717, 1.165) is 44.0 Å². The van der Waals surface area contributed by atoms with Gasteiger partial charge in [0.1, 0.15) is 5.75 Å². The molecule has 3 heteroatoms. The van der Waals surface area contributed by atoms with Gasteiger partial charge in [-0.05, 0) is 42.7 Å². The van der Waals surface area contributed by atoms with E-state index in [2.05, 4.69) is 66.9 Å². The van der Waals surface area contributed by atoms with Crippen molar-refractivity contribution in [2.45, 2.75) is 52.0 Å². The highest BCUT2D eigenvalue weighted by molar-refractivity contribution is 5.46. The first-order chi connectivity index (χ1) is 12.8. The number of hydrogen-bond acceptors (Lipinski definition) is 3. The summed E-state index contributed by atoms with van der Waals surface area (Å²) in [6.45, 7) is 7.10. The molecular weight excluding hydrogens is 320 g/mol. The Morgan fingerprint density at radius 2 is 1.62 bits per heavy atom. The first-order valence-corrected chi connectivity index (χ1v) is 10.1. The van der Waals surface area contributed by atoms with Gasteiger partial charge in [0.2, 0.25) is 0 Å². The minimum atomic E-state index is 0.418. The molecular formula is C23H34N2O. The van der Waals surface area contributed by atoms with E-state index in [4.69, 9.17) is 4.74 Å². The third-order valence-electron chi connectivity index (χ3n) is 4.58. The maximum atomic E-state index is 5.79. The first kappa shape index (κ1) is 20.3. The van der Waals surface area contributed by atoms with Gasteiger partial charge in [-0.1, -0.05) is 63.4 Å². The highest BCUT2D eigenvalue weighted by Crippen LogP contribution is 2.17. The lowest BCUT2D eigenvalue weighted by Crippen LogP contribution is -2.26. The van der Waals surface area contributed by atoms with Gasteiger partial charge < -0.3 is 15.4 Å². The zero-order valence-corrected chi connectivity index (χ0v) is 16.3. The molecule has 1 unspecified atom stereocenters. The Labute approximate surface area is 159 Å². The van der Waals surface area contributed by atoms with Crippen molar-refractivity contribution in [1.29, 1.82) is 0 Å². The van der Waals surface area contributed by atoms with Gasteiger partial charge in [0.25, 0.3) is 0 Å². The number of hydrogen-bond donors (Lipinski definition) is 2. The zero-order valence-electron chi connectivity index (χ0n) is 16.3. The molecule has 0 aliphatic heterocycles. The normalized spacial score (nSPS) is 11.9. The third-order valence-corrected chi connectivity index (χ3v) is 4.58. The zero-order chi connectivity index (χ0) is 18.5. The number of ether oxygens (including phenoxy) is 1. The van der Waals surface area contributed by atoms with Crippen molar-refractivity contribution in [2.24, 2.45) is 0 Å². The van der Waals surface area contributed by atoms with Crippen LogP contribution in [0.5, 0.6) is 5.75 Å². The SMILES string of the molecule is CCCCCCOc1ccc(NCCNC(CC)c2ccccc2)cc1. The van der Waals surface area contributed by atoms with E-state index in [1.54, 1.807) is 0 Å². The van der Waals surface area contributed by atoms with Crippen LogP contribution >= 0.6 is 0 Å². The van der Waals surface area contributed by atoms with Gasteiger partial charge in [-0.2, -0.15) is 0 Å². The van der Waals surface area contributed by atoms with Gasteiger partial charge in [-0.15, -0.1) is 0 Å². The molecule has 2 N–H and O–H groups in total. The number of rotatable bonds is 13. The Bertz CT molecular complexity index is 583. The van der Waals surface area contributed by atoms with Crippen molar-refractivity contribution in [3.63, 3.8) is 0 Å². The Balaban J connectivity index is 1.64. The number of benzene rings is 2. The lowest BCUT2D eigenvalue weighted by atomic mass is 10.0. The first-order valence-electron chi connectivity index (χ1n) is 10.1. The van der Waals surface area contributed by atoms with Gasteiger partial charge in [0.15, 0.2) is 0 Å². The van der Waals surface area contributed by atoms with Crippen LogP contribution in [0.2, 0.25) is 0 Å². The van der Waals surface area contributed by atoms with Crippen LogP contribution in [-0.4, -0.2) is 19.7 Å². The molecule has 142 valence electrons. The van der Waals surface area contributed by atoms with Gasteiger partial charge >= 0.3 is 0 Å². The van der Waals surface area contributed by atoms with E-state index in [-0.39, 0.29) is 0 Å². The second kappa shape index (κ2) is 12.4. The molecule has 0 saturated carbocycles. The number of anilines is 1. The summed E-state index contributed by atoms with van der Waals surface area (Å²) in [5.74, 6) is 0.959. The molecule has 0 bridgehead atoms. The molecule has 0 aliphatic carbocycles. The van der Waals surface area contributed by atoms with Crippen molar-refractivity contribution in [2.75, 3.05) is 25.0 Å². The standard InChI is InChI=1S/C23H34N2O/c1-3-5-6-10-19-26-22-15-13-21(14-16-22)24-17-18-25-23(4-2)20-11-8-7-9-12-20/h7-9,11-16,23-25H,3-6,10,17-19H2,1-2H3. The van der Waals surface area contributed by atoms with Gasteiger partial charge in [0, 0.05) is 24.8 Å². The minimum Gasteiger partial charge on any atom is -0.494 e. The highest BCUT2D eigenvalue weighted by Gasteiger charge is 2.06. The summed E-state index contributed by atoms with van der Waals surface area (Å²) < 4.78 is 5.79. The summed E-state index contributed by atoms with van der Waals surface area (Å²) in [5, 5.41) is 7.09. The van der Waals surface area contributed by atoms with Crippen LogP contribution in [0, 0.1) is 0 Å². The van der Waals surface area contributed by atoms with Crippen molar-refractivity contribution < 1.29 is 4.74 Å². The van der Waals surface area contributed by atoms with Crippen LogP contribution in [-0.2, 0) is 0 Å². The topological polar surface area (TPSA) is 33.3 Å². The maximum absolute atomic E-state index is 5.79. The molecule has 26 heavy (non-hydrogen) atoms. The fourth-order valence-electron chi connectivity index (χ4n) is 3.02. The summed E-state index contributed by atoms with van der Waals surface area (Å²) in [5.41, 5.74) is 2.49. The largest absolute Gasteiger partial charge is 0.494 e. The summed E-state index contributed by atoms with van der Waals surface area (Å²) in [6, 6.07) is 19.4. The summed E-state index contributed by atoms with van der Waals surface area (Å²) >= 11 is 0. The number of nitrogens with one attached hydrogen (secondary N) is 2. The fourth-order valence-corrected chi connectivity index (χ4v) is 3.02. The van der Waals surface area contributed by atoms with Crippen molar-refractivity contribution in [1.82, 2.24) is 5.32 Å². The summed E-state index contributed by atoms with van der Waals surface area (Å²) in [7, 11) is 0. The molecule has 0 amide bonds. The van der Waals surface area contributed by atoms with Gasteiger partial charge in [0.05, 0.1) is 6.61 Å². The predicted octanol–water partition coefficient (Wildman–Crippen LogP) is 5.80. The average molecular weight is 355 g/mol. The van der Waals surface area contributed by atoms with Crippen LogP contribution in [0.3, 0.4) is 0 Å². The van der Waals surface area contributed by atoms with Crippen LogP contribution < -0.4 is 15.4 Å². The Hall–Kier alpha value is -2.00. The molecule has 1 atom stereocenters. The molecule has 0 heterocycles. The van der Waals surface area contributed by atoms with Crippen LogP contribution in [0.4, 0.5) is 5.69 Å². The average Bonchev–Trinajstić information content (AvgIpc) is 2.69. The maximum Gasteiger partial charge on any atom is 0.119 e. The summed E-state index contributed by atoms with van der Waals surface area (Å²) in [6.07, 6.45) is 6.04. The fraction of sp³-hybridized carbons (Fsp3) is 0.478. The second-order valence-corrected chi connectivity index (χ2v) is 6.69. The monoisotopic (exact) mass is 354 g/mol. The van der Waals surface area contributed by atoms with E-state index < -0.39 is 0 Å². The molecule has 2 rings (SSSR count). The predicted molar refractivity (Wildman–Crippen MR) is 112 cm³/mol. The molecule has 2 aromatic rings. The van der Waals surface area contributed by atoms with Crippen molar-refractivity contribution >= 4 is 5.69 Å². The van der Waals surface area contributed by atoms with Gasteiger partial charge in [-0.3, -0.25) is 0 Å². The third kappa shape index (κ3) is 7.49. The van der Waals surface area contributed by atoms with Crippen molar-refractivity contribution in [3.8, 4) is 5.75 Å². The quantitative estimate of drug-likeness (QED) is 0.446. The molecule has 3 nitrogen and oxygen atoms in total. The van der Waals surface area contributed by atoms with E-state index >= 15 is 0 Å². The van der Waals surface area contributed by atoms with E-state index in [1.165, 1.54) is 24.8 Å². The van der Waals surface area contributed by atoms with Crippen LogP contribution in [0.25, 0.3) is 0 Å². The molecule has 0 spiro atoms.